The Labute approximate surface area is 129 Å². The summed E-state index contributed by atoms with van der Waals surface area (Å²) in [5, 5.41) is 6.96. The van der Waals surface area contributed by atoms with Crippen LogP contribution in [0.3, 0.4) is 0 Å². The Morgan fingerprint density at radius 2 is 1.75 bits per heavy atom. The summed E-state index contributed by atoms with van der Waals surface area (Å²) in [6.45, 7) is 3.54. The van der Waals surface area contributed by atoms with E-state index in [-0.39, 0.29) is 0 Å². The van der Waals surface area contributed by atoms with Gasteiger partial charge in [0.05, 0.1) is 16.3 Å². The molecule has 1 heterocycles. The number of halogens is 2. The largest absolute Gasteiger partial charge is 0.369 e. The van der Waals surface area contributed by atoms with Crippen LogP contribution in [0.1, 0.15) is 13.3 Å². The van der Waals surface area contributed by atoms with Gasteiger partial charge in [-0.1, -0.05) is 23.2 Å². The van der Waals surface area contributed by atoms with Crippen LogP contribution < -0.4 is 15.4 Å². The van der Waals surface area contributed by atoms with E-state index < -0.39 is 10.0 Å². The molecular weight excluding hydrogens is 323 g/mol. The van der Waals surface area contributed by atoms with Gasteiger partial charge in [-0.05, 0) is 19.4 Å². The van der Waals surface area contributed by atoms with Gasteiger partial charge in [0.15, 0.2) is 0 Å². The second-order valence-corrected chi connectivity index (χ2v) is 6.77. The minimum absolute atomic E-state index is 0.358. The van der Waals surface area contributed by atoms with E-state index in [1.54, 1.807) is 6.07 Å². The normalized spacial score (nSPS) is 11.4. The molecule has 1 aromatic rings. The molecule has 0 bridgehead atoms. The predicted octanol–water partition coefficient (Wildman–Crippen LogP) is 2.17. The Balaban J connectivity index is 2.53. The smallest absolute Gasteiger partial charge is 0.208 e. The van der Waals surface area contributed by atoms with Gasteiger partial charge in [-0.15, -0.1) is 0 Å². The van der Waals surface area contributed by atoms with Crippen LogP contribution in [0.15, 0.2) is 6.07 Å². The highest BCUT2D eigenvalue weighted by Gasteiger charge is 2.08. The van der Waals surface area contributed by atoms with Crippen molar-refractivity contribution in [3.8, 4) is 0 Å². The highest BCUT2D eigenvalue weighted by Crippen LogP contribution is 2.28. The van der Waals surface area contributed by atoms with Crippen LogP contribution in [0.5, 0.6) is 0 Å². The van der Waals surface area contributed by atoms with Crippen molar-refractivity contribution >= 4 is 44.9 Å². The van der Waals surface area contributed by atoms with Crippen molar-refractivity contribution < 1.29 is 8.42 Å². The number of nitrogens with one attached hydrogen (secondary N) is 3. The SMILES string of the molecule is CCNc1nc(NCCCNS(C)(=O)=O)c(Cl)cc1Cl. The van der Waals surface area contributed by atoms with Gasteiger partial charge in [-0.2, -0.15) is 0 Å². The average molecular weight is 341 g/mol. The molecule has 114 valence electrons. The number of hydrogen-bond donors (Lipinski definition) is 3. The molecule has 0 saturated heterocycles. The first-order chi connectivity index (χ1) is 9.33. The minimum atomic E-state index is -3.14. The van der Waals surface area contributed by atoms with Crippen molar-refractivity contribution in [3.05, 3.63) is 16.1 Å². The third kappa shape index (κ3) is 6.13. The quantitative estimate of drug-likeness (QED) is 0.631. The lowest BCUT2D eigenvalue weighted by atomic mass is 10.4. The molecule has 1 rings (SSSR count). The van der Waals surface area contributed by atoms with Crippen molar-refractivity contribution in [2.45, 2.75) is 13.3 Å². The van der Waals surface area contributed by atoms with Gasteiger partial charge in [-0.3, -0.25) is 0 Å². The van der Waals surface area contributed by atoms with Gasteiger partial charge < -0.3 is 10.6 Å². The van der Waals surface area contributed by atoms with Gasteiger partial charge in [0.1, 0.15) is 11.6 Å². The highest BCUT2D eigenvalue weighted by molar-refractivity contribution is 7.88. The first-order valence-corrected chi connectivity index (χ1v) is 8.76. The molecule has 0 amide bonds. The Morgan fingerprint density at radius 3 is 2.30 bits per heavy atom. The fourth-order valence-corrected chi connectivity index (χ4v) is 2.44. The second-order valence-electron chi connectivity index (χ2n) is 4.13. The molecule has 0 atom stereocenters. The summed E-state index contributed by atoms with van der Waals surface area (Å²) in [6.07, 6.45) is 1.74. The maximum atomic E-state index is 10.9. The van der Waals surface area contributed by atoms with Gasteiger partial charge in [0.25, 0.3) is 0 Å². The zero-order valence-corrected chi connectivity index (χ0v) is 13.7. The number of anilines is 2. The molecule has 0 aliphatic heterocycles. The lowest BCUT2D eigenvalue weighted by Gasteiger charge is -2.11. The summed E-state index contributed by atoms with van der Waals surface area (Å²) >= 11 is 12.0. The van der Waals surface area contributed by atoms with Crippen LogP contribution in [0, 0.1) is 0 Å². The Bertz CT molecular complexity index is 552. The summed E-state index contributed by atoms with van der Waals surface area (Å²) in [5.41, 5.74) is 0. The minimum Gasteiger partial charge on any atom is -0.369 e. The monoisotopic (exact) mass is 340 g/mol. The molecular formula is C11H18Cl2N4O2S. The summed E-state index contributed by atoms with van der Waals surface area (Å²) in [5.74, 6) is 1.08. The lowest BCUT2D eigenvalue weighted by Crippen LogP contribution is -2.24. The van der Waals surface area contributed by atoms with E-state index in [1.165, 1.54) is 0 Å². The third-order valence-electron chi connectivity index (χ3n) is 2.28. The van der Waals surface area contributed by atoms with E-state index in [4.69, 9.17) is 23.2 Å². The zero-order chi connectivity index (χ0) is 15.2. The maximum Gasteiger partial charge on any atom is 0.208 e. The fraction of sp³-hybridized carbons (Fsp3) is 0.545. The summed E-state index contributed by atoms with van der Waals surface area (Å²) in [4.78, 5) is 4.28. The molecule has 0 saturated carbocycles. The lowest BCUT2D eigenvalue weighted by molar-refractivity contribution is 0.586. The molecule has 3 N–H and O–H groups in total. The Hall–Kier alpha value is -0.760. The van der Waals surface area contributed by atoms with Gasteiger partial charge in [0, 0.05) is 19.6 Å². The molecule has 6 nitrogen and oxygen atoms in total. The molecule has 1 aromatic heterocycles. The van der Waals surface area contributed by atoms with Gasteiger partial charge in [0.2, 0.25) is 10.0 Å². The number of sulfonamides is 1. The summed E-state index contributed by atoms with van der Waals surface area (Å²) in [6, 6.07) is 1.62. The van der Waals surface area contributed by atoms with Crippen LogP contribution in [-0.2, 0) is 10.0 Å². The topological polar surface area (TPSA) is 83.1 Å². The number of aromatic nitrogens is 1. The molecule has 0 aromatic carbocycles. The molecule has 0 unspecified atom stereocenters. The molecule has 9 heteroatoms. The number of hydrogen-bond acceptors (Lipinski definition) is 5. The van der Waals surface area contributed by atoms with Crippen molar-refractivity contribution in [2.75, 3.05) is 36.5 Å². The molecule has 0 aliphatic carbocycles. The predicted molar refractivity (Wildman–Crippen MR) is 84.4 cm³/mol. The Morgan fingerprint density at radius 1 is 1.15 bits per heavy atom. The fourth-order valence-electron chi connectivity index (χ4n) is 1.43. The summed E-state index contributed by atoms with van der Waals surface area (Å²) < 4.78 is 24.2. The molecule has 0 aliphatic rings. The first kappa shape index (κ1) is 17.3. The molecule has 0 radical (unpaired) electrons. The summed E-state index contributed by atoms with van der Waals surface area (Å²) in [7, 11) is -3.14. The number of nitrogens with zero attached hydrogens (tertiary/aromatic N) is 1. The maximum absolute atomic E-state index is 10.9. The van der Waals surface area contributed by atoms with Gasteiger partial charge >= 0.3 is 0 Å². The van der Waals surface area contributed by atoms with Crippen LogP contribution in [0.25, 0.3) is 0 Å². The highest BCUT2D eigenvalue weighted by atomic mass is 35.5. The van der Waals surface area contributed by atoms with E-state index in [0.717, 1.165) is 6.26 Å². The van der Waals surface area contributed by atoms with E-state index in [9.17, 15) is 8.42 Å². The second kappa shape index (κ2) is 7.87. The first-order valence-electron chi connectivity index (χ1n) is 6.12. The van der Waals surface area contributed by atoms with Crippen LogP contribution in [0.2, 0.25) is 10.0 Å². The standard InChI is InChI=1S/C11H18Cl2N4O2S/c1-3-14-10-8(12)7-9(13)11(17-10)15-5-4-6-16-20(2,18)19/h7,16H,3-6H2,1-2H3,(H2,14,15,17). The number of pyridine rings is 1. The van der Waals surface area contributed by atoms with E-state index >= 15 is 0 Å². The molecule has 0 fully saturated rings. The van der Waals surface area contributed by atoms with E-state index in [0.29, 0.717) is 47.7 Å². The zero-order valence-electron chi connectivity index (χ0n) is 11.3. The molecule has 0 spiro atoms. The van der Waals surface area contributed by atoms with Crippen molar-refractivity contribution in [3.63, 3.8) is 0 Å². The van der Waals surface area contributed by atoms with Gasteiger partial charge in [-0.25, -0.2) is 18.1 Å². The third-order valence-corrected chi connectivity index (χ3v) is 3.59. The number of rotatable bonds is 8. The van der Waals surface area contributed by atoms with Crippen molar-refractivity contribution in [1.29, 1.82) is 0 Å². The van der Waals surface area contributed by atoms with Crippen molar-refractivity contribution in [1.82, 2.24) is 9.71 Å². The van der Waals surface area contributed by atoms with Crippen molar-refractivity contribution in [2.24, 2.45) is 0 Å². The van der Waals surface area contributed by atoms with E-state index in [2.05, 4.69) is 20.3 Å². The Kier molecular flexibility index (Phi) is 6.81. The van der Waals surface area contributed by atoms with Crippen LogP contribution >= 0.6 is 23.2 Å². The van der Waals surface area contributed by atoms with Crippen LogP contribution in [-0.4, -0.2) is 39.3 Å². The average Bonchev–Trinajstić information content (AvgIpc) is 2.32. The molecule has 20 heavy (non-hydrogen) atoms. The van der Waals surface area contributed by atoms with E-state index in [1.807, 2.05) is 6.92 Å². The van der Waals surface area contributed by atoms with Crippen LogP contribution in [0.4, 0.5) is 11.6 Å².